The van der Waals surface area contributed by atoms with Crippen molar-refractivity contribution in [1.29, 1.82) is 5.26 Å². The minimum Gasteiger partial charge on any atom is -0.482 e. The monoisotopic (exact) mass is 870 g/mol. The van der Waals surface area contributed by atoms with Gasteiger partial charge < -0.3 is 59.3 Å². The van der Waals surface area contributed by atoms with E-state index in [1.807, 2.05) is 66.7 Å². The lowest BCUT2D eigenvalue weighted by atomic mass is 9.45. The molecule has 1 spiro atoms. The van der Waals surface area contributed by atoms with Crippen LogP contribution in [-0.2, 0) is 35.0 Å². The van der Waals surface area contributed by atoms with Gasteiger partial charge in [-0.2, -0.15) is 5.26 Å². The first-order valence-electron chi connectivity index (χ1n) is 21.6. The first-order chi connectivity index (χ1) is 29.7. The van der Waals surface area contributed by atoms with E-state index in [4.69, 9.17) is 38.9 Å². The second kappa shape index (κ2) is 15.6. The summed E-state index contributed by atoms with van der Waals surface area (Å²) in [6, 6.07) is 2.23. The maximum atomic E-state index is 15.4. The molecule has 3 aliphatic carbocycles. The van der Waals surface area contributed by atoms with Gasteiger partial charge in [0.2, 0.25) is 12.2 Å². The lowest BCUT2D eigenvalue weighted by molar-refractivity contribution is -0.277. The van der Waals surface area contributed by atoms with Gasteiger partial charge in [0.25, 0.3) is 0 Å². The molecule has 0 aromatic heterocycles. The summed E-state index contributed by atoms with van der Waals surface area (Å²) in [7, 11) is 1.28. The minimum absolute atomic E-state index is 0.0352. The molecule has 11 atom stereocenters. The third kappa shape index (κ3) is 6.58. The highest BCUT2D eigenvalue weighted by Gasteiger charge is 2.84. The molecule has 63 heavy (non-hydrogen) atoms. The number of aliphatic hydroxyl groups excluding tert-OH is 4. The van der Waals surface area contributed by atoms with Gasteiger partial charge in [-0.1, -0.05) is 29.4 Å². The predicted octanol–water partition coefficient (Wildman–Crippen LogP) is 4.74. The van der Waals surface area contributed by atoms with Gasteiger partial charge in [0.15, 0.2) is 17.0 Å². The first kappa shape index (κ1) is 44.6. The van der Waals surface area contributed by atoms with Gasteiger partial charge in [-0.05, 0) is 93.2 Å². The van der Waals surface area contributed by atoms with Crippen LogP contribution in [0.15, 0.2) is 58.1 Å². The molecule has 0 radical (unpaired) electrons. The zero-order valence-electron chi connectivity index (χ0n) is 37.2. The molecule has 3 saturated carbocycles. The Morgan fingerprint density at radius 3 is 2.38 bits per heavy atom. The van der Waals surface area contributed by atoms with Crippen molar-refractivity contribution in [3.8, 4) is 23.3 Å². The van der Waals surface area contributed by atoms with Crippen molar-refractivity contribution >= 4 is 23.6 Å². The van der Waals surface area contributed by atoms with Crippen molar-refractivity contribution in [2.75, 3.05) is 13.7 Å². The second-order valence-corrected chi connectivity index (χ2v) is 19.0. The lowest BCUT2D eigenvalue weighted by Gasteiger charge is -2.61. The van der Waals surface area contributed by atoms with E-state index in [-0.39, 0.29) is 64.9 Å². The highest BCUT2D eigenvalue weighted by molar-refractivity contribution is 6.01. The molecule has 1 aromatic carbocycles. The Morgan fingerprint density at radius 2 is 1.73 bits per heavy atom. The van der Waals surface area contributed by atoms with Crippen molar-refractivity contribution in [1.82, 2.24) is 0 Å². The predicted molar refractivity (Wildman–Crippen MR) is 227 cm³/mol. The average molecular weight is 871 g/mol. The number of ketones is 1. The van der Waals surface area contributed by atoms with Crippen LogP contribution in [0.1, 0.15) is 97.8 Å². The van der Waals surface area contributed by atoms with Crippen molar-refractivity contribution in [3.63, 3.8) is 0 Å². The number of nitrogens with two attached hydrogens (primary N) is 1. The summed E-state index contributed by atoms with van der Waals surface area (Å²) >= 11 is 0. The van der Waals surface area contributed by atoms with Crippen molar-refractivity contribution < 1.29 is 63.2 Å². The Kier molecular flexibility index (Phi) is 11.1. The number of carbonyl (C=O) groups excluding carboxylic acids is 2. The molecule has 6 unspecified atom stereocenters. The molecule has 1 aromatic rings. The smallest absolute Gasteiger partial charge is 0.333 e. The van der Waals surface area contributed by atoms with Crippen LogP contribution < -0.4 is 19.9 Å². The summed E-state index contributed by atoms with van der Waals surface area (Å²) in [5.41, 5.74) is 5.60. The molecule has 6 N–H and O–H groups in total. The number of hydrogen-bond acceptors (Lipinski definition) is 15. The third-order valence-electron chi connectivity index (χ3n) is 14.0. The Labute approximate surface area is 367 Å². The molecule has 9 rings (SSSR count). The molecular formula is C48H58N2O13. The van der Waals surface area contributed by atoms with Crippen LogP contribution in [0.4, 0.5) is 0 Å². The minimum atomic E-state index is -1.80. The topological polar surface area (TPSA) is 229 Å². The molecule has 15 heteroatoms. The second-order valence-electron chi connectivity index (χ2n) is 19.0. The summed E-state index contributed by atoms with van der Waals surface area (Å²) in [5, 5.41) is 53.9. The Hall–Kier alpha value is -4.95. The van der Waals surface area contributed by atoms with Crippen LogP contribution >= 0.6 is 0 Å². The highest BCUT2D eigenvalue weighted by Crippen LogP contribution is 2.74. The summed E-state index contributed by atoms with van der Waals surface area (Å²) in [6.45, 7) is 14.7. The summed E-state index contributed by atoms with van der Waals surface area (Å²) in [6.07, 6.45) is 3.14. The number of benzene rings is 1. The zero-order chi connectivity index (χ0) is 45.7. The fourth-order valence-electron chi connectivity index (χ4n) is 10.9. The SMILES string of the molecule is COC(=O)/C(C)=C\CC12OC(C)(C)C3CC(C1=O)C1C(C#N)=C(N)OC4=C1C32Oc1c(CC=C(C)C)c2c(c(O[C@H]3O[C@@H](CO)[C@H](O)[C@@H](O)[C@@H]3O)c14)C=CC(C)(CCC=C(C)C)O2. The Balaban J connectivity index is 1.46. The number of carbonyl (C=O) groups is 2. The van der Waals surface area contributed by atoms with E-state index in [0.29, 0.717) is 35.3 Å². The summed E-state index contributed by atoms with van der Waals surface area (Å²) in [4.78, 5) is 28.2. The number of nitrogens with zero attached hydrogens (tertiary/aromatic N) is 1. The highest BCUT2D eigenvalue weighted by atomic mass is 16.7. The van der Waals surface area contributed by atoms with Crippen molar-refractivity contribution in [2.45, 2.75) is 141 Å². The van der Waals surface area contributed by atoms with Gasteiger partial charge in [0, 0.05) is 40.9 Å². The van der Waals surface area contributed by atoms with E-state index in [0.717, 1.165) is 11.1 Å². The zero-order valence-corrected chi connectivity index (χ0v) is 37.2. The van der Waals surface area contributed by atoms with E-state index in [9.17, 15) is 30.5 Å². The Bertz CT molecular complexity index is 2370. The number of ether oxygens (including phenoxy) is 7. The third-order valence-corrected chi connectivity index (χ3v) is 14.0. The molecule has 338 valence electrons. The molecule has 5 heterocycles. The molecule has 2 saturated heterocycles. The Morgan fingerprint density at radius 1 is 1.02 bits per heavy atom. The van der Waals surface area contributed by atoms with Gasteiger partial charge in [0.1, 0.15) is 64.7 Å². The normalized spacial score (nSPS) is 35.3. The van der Waals surface area contributed by atoms with Crippen LogP contribution in [0, 0.1) is 29.1 Å². The van der Waals surface area contributed by atoms with Crippen LogP contribution in [-0.4, -0.2) is 99.0 Å². The average Bonchev–Trinajstić information content (AvgIpc) is 3.37. The maximum Gasteiger partial charge on any atom is 0.333 e. The maximum absolute atomic E-state index is 15.4. The van der Waals surface area contributed by atoms with Gasteiger partial charge >= 0.3 is 5.97 Å². The van der Waals surface area contributed by atoms with Crippen LogP contribution in [0.2, 0.25) is 0 Å². The summed E-state index contributed by atoms with van der Waals surface area (Å²) in [5.74, 6) is -2.52. The van der Waals surface area contributed by atoms with Crippen LogP contribution in [0.3, 0.4) is 0 Å². The number of rotatable bonds is 11. The quantitative estimate of drug-likeness (QED) is 0.115. The summed E-state index contributed by atoms with van der Waals surface area (Å²) < 4.78 is 46.2. The van der Waals surface area contributed by atoms with E-state index in [2.05, 4.69) is 12.1 Å². The van der Waals surface area contributed by atoms with Gasteiger partial charge in [-0.25, -0.2) is 4.79 Å². The molecule has 5 aliphatic heterocycles. The number of hydrogen-bond donors (Lipinski definition) is 5. The lowest BCUT2D eigenvalue weighted by Crippen LogP contribution is -2.75. The number of esters is 1. The number of Topliss-reactive ketones (excluding diaryl/α,β-unsaturated/α-hetero) is 1. The van der Waals surface area contributed by atoms with E-state index in [1.54, 1.807) is 13.0 Å². The van der Waals surface area contributed by atoms with Crippen LogP contribution in [0.25, 0.3) is 11.8 Å². The number of fused-ring (bicyclic) bond motifs is 3. The fraction of sp³-hybridized carbons (Fsp3) is 0.562. The van der Waals surface area contributed by atoms with Crippen molar-refractivity contribution in [2.24, 2.45) is 23.5 Å². The molecule has 4 bridgehead atoms. The number of aliphatic hydroxyl groups is 4. The molecule has 0 amide bonds. The molecule has 15 nitrogen and oxygen atoms in total. The van der Waals surface area contributed by atoms with Crippen molar-refractivity contribution in [3.05, 3.63) is 74.7 Å². The van der Waals surface area contributed by atoms with E-state index >= 15 is 4.79 Å². The number of allylic oxidation sites excluding steroid dienone is 5. The van der Waals surface area contributed by atoms with E-state index in [1.165, 1.54) is 7.11 Å². The molecule has 5 fully saturated rings. The van der Waals surface area contributed by atoms with Gasteiger partial charge in [-0.15, -0.1) is 0 Å². The first-order valence-corrected chi connectivity index (χ1v) is 21.6. The number of nitriles is 1. The van der Waals surface area contributed by atoms with Gasteiger partial charge in [0.05, 0.1) is 30.5 Å². The molecule has 8 aliphatic rings. The standard InChI is InChI=1S/C48H58N2O13/c1-22(2)11-10-16-46(8)17-15-26-37(61-46)25(13-12-23(3)4)39-32(38(26)60-44-36(54)35(53)34(52)29(21-51)58-44)40-33-31(28(20-49)42(50)59-40)27-19-30-45(6,7)63-47(41(27)55,48(30,33)62-39)18-14-24(5)43(56)57-9/h11-12,14-15,17,27,29-31,34-36,44,51-54H,10,13,16,18-19,21,50H2,1-9H3/b24-14-/t27?,29-,30?,31?,34-,35+,36-,44+,46?,47?,48?/m0/s1. The largest absolute Gasteiger partial charge is 0.482 e. The molecular weight excluding hydrogens is 813 g/mol. The fourth-order valence-corrected chi connectivity index (χ4v) is 10.9. The van der Waals surface area contributed by atoms with E-state index < -0.39 is 83.4 Å². The van der Waals surface area contributed by atoms with Crippen LogP contribution in [0.5, 0.6) is 17.2 Å². The number of methoxy groups -OCH3 is 1. The van der Waals surface area contributed by atoms with Gasteiger partial charge in [-0.3, -0.25) is 4.79 Å².